The highest BCUT2D eigenvalue weighted by molar-refractivity contribution is 6.10. The lowest BCUT2D eigenvalue weighted by molar-refractivity contribution is -0.118. The van der Waals surface area contributed by atoms with Crippen LogP contribution in [0.5, 0.6) is 5.75 Å². The van der Waals surface area contributed by atoms with Crippen LogP contribution in [0.25, 0.3) is 0 Å². The van der Waals surface area contributed by atoms with Crippen molar-refractivity contribution < 1.29 is 14.3 Å². The molecule has 0 aliphatic carbocycles. The second-order valence-electron chi connectivity index (χ2n) is 7.98. The third-order valence-electron chi connectivity index (χ3n) is 4.57. The van der Waals surface area contributed by atoms with Crippen molar-refractivity contribution in [2.75, 3.05) is 17.2 Å². The number of nitrogens with one attached hydrogen (secondary N) is 2. The maximum Gasteiger partial charge on any atom is 0.262 e. The van der Waals surface area contributed by atoms with Gasteiger partial charge >= 0.3 is 0 Å². The molecule has 0 saturated carbocycles. The first-order chi connectivity index (χ1) is 14.3. The molecule has 154 valence electrons. The number of rotatable bonds is 6. The molecule has 0 saturated heterocycles. The van der Waals surface area contributed by atoms with E-state index in [0.717, 1.165) is 0 Å². The van der Waals surface area contributed by atoms with E-state index in [9.17, 15) is 9.59 Å². The molecule has 5 heteroatoms. The number of amides is 2. The highest BCUT2D eigenvalue weighted by atomic mass is 16.5. The van der Waals surface area contributed by atoms with Crippen molar-refractivity contribution in [1.29, 1.82) is 0 Å². The van der Waals surface area contributed by atoms with E-state index >= 15 is 0 Å². The lowest BCUT2D eigenvalue weighted by atomic mass is 9.87. The van der Waals surface area contributed by atoms with Gasteiger partial charge in [0, 0.05) is 5.69 Å². The van der Waals surface area contributed by atoms with Gasteiger partial charge in [0.1, 0.15) is 5.75 Å². The van der Waals surface area contributed by atoms with Gasteiger partial charge in [-0.2, -0.15) is 0 Å². The summed E-state index contributed by atoms with van der Waals surface area (Å²) in [4.78, 5) is 25.0. The molecule has 0 heterocycles. The fourth-order valence-corrected chi connectivity index (χ4v) is 2.90. The Morgan fingerprint density at radius 2 is 1.43 bits per heavy atom. The molecule has 30 heavy (non-hydrogen) atoms. The van der Waals surface area contributed by atoms with E-state index < -0.39 is 0 Å². The maximum atomic E-state index is 12.6. The van der Waals surface area contributed by atoms with Crippen molar-refractivity contribution in [3.63, 3.8) is 0 Å². The van der Waals surface area contributed by atoms with Gasteiger partial charge in [-0.3, -0.25) is 9.59 Å². The number of hydrogen-bond acceptors (Lipinski definition) is 3. The summed E-state index contributed by atoms with van der Waals surface area (Å²) in [7, 11) is 0. The number of para-hydroxylation sites is 2. The number of carbonyl (C=O) groups is 2. The molecule has 3 aromatic rings. The maximum absolute atomic E-state index is 12.6. The van der Waals surface area contributed by atoms with Gasteiger partial charge in [0.15, 0.2) is 6.61 Å². The number of carbonyl (C=O) groups excluding carboxylic acids is 2. The Morgan fingerprint density at radius 3 is 2.10 bits per heavy atom. The van der Waals surface area contributed by atoms with Crippen LogP contribution in [0.1, 0.15) is 36.7 Å². The summed E-state index contributed by atoms with van der Waals surface area (Å²) < 4.78 is 5.59. The van der Waals surface area contributed by atoms with Crippen LogP contribution in [0, 0.1) is 0 Å². The summed E-state index contributed by atoms with van der Waals surface area (Å²) in [5, 5.41) is 5.58. The van der Waals surface area contributed by atoms with E-state index in [1.807, 2.05) is 42.5 Å². The zero-order chi connectivity index (χ0) is 21.6. The van der Waals surface area contributed by atoms with Crippen molar-refractivity contribution in [2.45, 2.75) is 26.2 Å². The van der Waals surface area contributed by atoms with Gasteiger partial charge in [0.05, 0.1) is 11.3 Å². The average molecular weight is 402 g/mol. The second-order valence-corrected chi connectivity index (χ2v) is 7.98. The molecule has 5 nitrogen and oxygen atoms in total. The van der Waals surface area contributed by atoms with Crippen LogP contribution in [0.15, 0.2) is 78.9 Å². The van der Waals surface area contributed by atoms with E-state index in [1.54, 1.807) is 36.4 Å². The zero-order valence-electron chi connectivity index (χ0n) is 17.4. The molecule has 0 aliphatic rings. The molecule has 2 amide bonds. The molecule has 0 aliphatic heterocycles. The van der Waals surface area contributed by atoms with Gasteiger partial charge in [-0.1, -0.05) is 63.2 Å². The Labute approximate surface area is 177 Å². The molecular weight excluding hydrogens is 376 g/mol. The quantitative estimate of drug-likeness (QED) is 0.591. The predicted octanol–water partition coefficient (Wildman–Crippen LogP) is 5.25. The molecular formula is C25H26N2O3. The fraction of sp³-hybridized carbons (Fsp3) is 0.200. The van der Waals surface area contributed by atoms with Crippen molar-refractivity contribution in [3.8, 4) is 5.75 Å². The summed E-state index contributed by atoms with van der Waals surface area (Å²) in [6.45, 7) is 6.27. The molecule has 0 spiro atoms. The van der Waals surface area contributed by atoms with Gasteiger partial charge in [0.2, 0.25) is 0 Å². The van der Waals surface area contributed by atoms with Crippen molar-refractivity contribution in [1.82, 2.24) is 0 Å². The molecule has 0 radical (unpaired) electrons. The summed E-state index contributed by atoms with van der Waals surface area (Å²) in [5.41, 5.74) is 2.75. The van der Waals surface area contributed by atoms with Crippen LogP contribution in [0.2, 0.25) is 0 Å². The number of ether oxygens (including phenoxy) is 1. The first-order valence-electron chi connectivity index (χ1n) is 9.81. The van der Waals surface area contributed by atoms with Crippen LogP contribution in [-0.4, -0.2) is 18.4 Å². The van der Waals surface area contributed by atoms with E-state index in [2.05, 4.69) is 31.4 Å². The Morgan fingerprint density at radius 1 is 0.800 bits per heavy atom. The molecule has 3 rings (SSSR count). The summed E-state index contributed by atoms with van der Waals surface area (Å²) >= 11 is 0. The minimum absolute atomic E-state index is 0.0555. The lowest BCUT2D eigenvalue weighted by Crippen LogP contribution is -2.22. The van der Waals surface area contributed by atoms with Crippen LogP contribution in [0.4, 0.5) is 11.4 Å². The molecule has 0 fully saturated rings. The standard InChI is InChI=1S/C25H26N2O3/c1-25(2,3)18-13-15-20(16-14-18)30-17-23(28)27-22-12-8-7-11-21(22)24(29)26-19-9-5-4-6-10-19/h4-16H,17H2,1-3H3,(H,26,29)(H,27,28). The van der Waals surface area contributed by atoms with Gasteiger partial charge in [-0.15, -0.1) is 0 Å². The Bertz CT molecular complexity index is 1010. The monoisotopic (exact) mass is 402 g/mol. The summed E-state index contributed by atoms with van der Waals surface area (Å²) in [5.74, 6) is -0.0149. The topological polar surface area (TPSA) is 67.4 Å². The van der Waals surface area contributed by atoms with Crippen LogP contribution < -0.4 is 15.4 Å². The average Bonchev–Trinajstić information content (AvgIpc) is 2.73. The second kappa shape index (κ2) is 9.27. The van der Waals surface area contributed by atoms with Crippen molar-refractivity contribution >= 4 is 23.2 Å². The van der Waals surface area contributed by atoms with Gasteiger partial charge in [-0.05, 0) is 47.4 Å². The lowest BCUT2D eigenvalue weighted by Gasteiger charge is -2.19. The molecule has 0 aromatic heterocycles. The Balaban J connectivity index is 1.61. The first kappa shape index (κ1) is 21.1. The zero-order valence-corrected chi connectivity index (χ0v) is 17.4. The fourth-order valence-electron chi connectivity index (χ4n) is 2.90. The largest absolute Gasteiger partial charge is 0.484 e. The van der Waals surface area contributed by atoms with E-state index in [4.69, 9.17) is 4.74 Å². The van der Waals surface area contributed by atoms with Gasteiger partial charge < -0.3 is 15.4 Å². The van der Waals surface area contributed by atoms with E-state index in [-0.39, 0.29) is 23.8 Å². The van der Waals surface area contributed by atoms with E-state index in [0.29, 0.717) is 22.7 Å². The summed E-state index contributed by atoms with van der Waals surface area (Å²) in [6.07, 6.45) is 0. The van der Waals surface area contributed by atoms with Crippen LogP contribution >= 0.6 is 0 Å². The number of benzene rings is 3. The molecule has 0 unspecified atom stereocenters. The van der Waals surface area contributed by atoms with Crippen molar-refractivity contribution in [3.05, 3.63) is 90.0 Å². The normalized spacial score (nSPS) is 10.9. The molecule has 0 bridgehead atoms. The Kier molecular flexibility index (Phi) is 6.52. The van der Waals surface area contributed by atoms with Crippen LogP contribution in [-0.2, 0) is 10.2 Å². The highest BCUT2D eigenvalue weighted by Crippen LogP contribution is 2.24. The van der Waals surface area contributed by atoms with E-state index in [1.165, 1.54) is 5.56 Å². The van der Waals surface area contributed by atoms with Gasteiger partial charge in [-0.25, -0.2) is 0 Å². The summed E-state index contributed by atoms with van der Waals surface area (Å²) in [6, 6.07) is 23.7. The van der Waals surface area contributed by atoms with Crippen LogP contribution in [0.3, 0.4) is 0 Å². The first-order valence-corrected chi connectivity index (χ1v) is 9.81. The minimum atomic E-state index is -0.338. The van der Waals surface area contributed by atoms with Crippen molar-refractivity contribution in [2.24, 2.45) is 0 Å². The Hall–Kier alpha value is -3.60. The minimum Gasteiger partial charge on any atom is -0.484 e. The third-order valence-corrected chi connectivity index (χ3v) is 4.57. The molecule has 2 N–H and O–H groups in total. The number of hydrogen-bond donors (Lipinski definition) is 2. The number of anilines is 2. The molecule has 0 atom stereocenters. The SMILES string of the molecule is CC(C)(C)c1ccc(OCC(=O)Nc2ccccc2C(=O)Nc2ccccc2)cc1. The molecule has 3 aromatic carbocycles. The predicted molar refractivity (Wildman–Crippen MR) is 120 cm³/mol. The van der Waals surface area contributed by atoms with Gasteiger partial charge in [0.25, 0.3) is 11.8 Å². The smallest absolute Gasteiger partial charge is 0.262 e. The third kappa shape index (κ3) is 5.70. The highest BCUT2D eigenvalue weighted by Gasteiger charge is 2.15.